The minimum absolute atomic E-state index is 0. The smallest absolute Gasteiger partial charge is 0.128 e. The van der Waals surface area contributed by atoms with Gasteiger partial charge in [-0.1, -0.05) is 24.9 Å². The summed E-state index contributed by atoms with van der Waals surface area (Å²) in [5, 5.41) is 10.1. The highest BCUT2D eigenvalue weighted by molar-refractivity contribution is 6.30. The zero-order valence-corrected chi connectivity index (χ0v) is 10.6. The zero-order chi connectivity index (χ0) is 11.4. The third kappa shape index (κ3) is 3.91. The lowest BCUT2D eigenvalue weighted by Crippen LogP contribution is -2.26. The Balaban J connectivity index is 0.00000225. The van der Waals surface area contributed by atoms with Crippen LogP contribution in [0.3, 0.4) is 0 Å². The van der Waals surface area contributed by atoms with Crippen LogP contribution in [0.4, 0.5) is 4.39 Å². The largest absolute Gasteiger partial charge is 0.391 e. The van der Waals surface area contributed by atoms with Gasteiger partial charge in [0, 0.05) is 10.6 Å². The first-order chi connectivity index (χ1) is 7.06. The van der Waals surface area contributed by atoms with Gasteiger partial charge in [-0.25, -0.2) is 4.39 Å². The molecular weight excluding hydrogens is 252 g/mol. The van der Waals surface area contributed by atoms with Gasteiger partial charge in [0.05, 0.1) is 12.1 Å². The van der Waals surface area contributed by atoms with E-state index in [1.54, 1.807) is 0 Å². The SMILES string of the molecule is CCC[C@H](O)[C@H](N)c1cc(Cl)ccc1F.Cl. The van der Waals surface area contributed by atoms with Gasteiger partial charge >= 0.3 is 0 Å². The predicted molar refractivity (Wildman–Crippen MR) is 66.5 cm³/mol. The van der Waals surface area contributed by atoms with Crippen molar-refractivity contribution in [3.8, 4) is 0 Å². The van der Waals surface area contributed by atoms with Gasteiger partial charge in [-0.2, -0.15) is 0 Å². The molecule has 1 rings (SSSR count). The number of benzene rings is 1. The molecule has 0 amide bonds. The Labute approximate surface area is 106 Å². The van der Waals surface area contributed by atoms with Gasteiger partial charge in [-0.05, 0) is 24.6 Å². The molecule has 2 atom stereocenters. The molecular formula is C11H16Cl2FNO. The summed E-state index contributed by atoms with van der Waals surface area (Å²) in [4.78, 5) is 0. The van der Waals surface area contributed by atoms with Crippen LogP contribution in [0.2, 0.25) is 5.02 Å². The van der Waals surface area contributed by atoms with Crippen molar-refractivity contribution in [2.45, 2.75) is 31.9 Å². The topological polar surface area (TPSA) is 46.2 Å². The van der Waals surface area contributed by atoms with Crippen molar-refractivity contribution in [2.75, 3.05) is 0 Å². The van der Waals surface area contributed by atoms with E-state index in [1.165, 1.54) is 18.2 Å². The first kappa shape index (κ1) is 15.7. The zero-order valence-electron chi connectivity index (χ0n) is 8.99. The maximum atomic E-state index is 13.4. The lowest BCUT2D eigenvalue weighted by atomic mass is 9.99. The Bertz CT molecular complexity index is 336. The van der Waals surface area contributed by atoms with E-state index < -0.39 is 18.0 Å². The molecule has 0 bridgehead atoms. The highest BCUT2D eigenvalue weighted by Crippen LogP contribution is 2.23. The second kappa shape index (κ2) is 7.07. The van der Waals surface area contributed by atoms with E-state index in [2.05, 4.69) is 0 Å². The molecule has 16 heavy (non-hydrogen) atoms. The standard InChI is InChI=1S/C11H15ClFNO.ClH/c1-2-3-10(15)11(14)8-6-7(12)4-5-9(8)13;/h4-6,10-11,15H,2-3,14H2,1H3;1H/t10-,11+;/m0./s1. The molecule has 3 N–H and O–H groups in total. The molecule has 1 aromatic rings. The molecule has 0 aromatic heterocycles. The molecule has 0 saturated heterocycles. The molecule has 0 aliphatic carbocycles. The van der Waals surface area contributed by atoms with E-state index in [0.717, 1.165) is 6.42 Å². The van der Waals surface area contributed by atoms with E-state index in [0.29, 0.717) is 11.4 Å². The van der Waals surface area contributed by atoms with E-state index in [-0.39, 0.29) is 18.0 Å². The molecule has 2 nitrogen and oxygen atoms in total. The molecule has 0 fully saturated rings. The van der Waals surface area contributed by atoms with Crippen LogP contribution in [0.5, 0.6) is 0 Å². The highest BCUT2D eigenvalue weighted by Gasteiger charge is 2.19. The summed E-state index contributed by atoms with van der Waals surface area (Å²) in [6.07, 6.45) is 0.618. The Morgan fingerprint density at radius 2 is 2.12 bits per heavy atom. The molecule has 92 valence electrons. The maximum absolute atomic E-state index is 13.4. The average Bonchev–Trinajstić information content (AvgIpc) is 2.21. The molecule has 0 unspecified atom stereocenters. The summed E-state index contributed by atoms with van der Waals surface area (Å²) < 4.78 is 13.4. The first-order valence-corrected chi connectivity index (χ1v) is 5.32. The summed E-state index contributed by atoms with van der Waals surface area (Å²) >= 11 is 5.74. The number of hydrogen-bond acceptors (Lipinski definition) is 2. The normalized spacial score (nSPS) is 14.1. The monoisotopic (exact) mass is 267 g/mol. The van der Waals surface area contributed by atoms with Crippen molar-refractivity contribution in [2.24, 2.45) is 5.73 Å². The van der Waals surface area contributed by atoms with Crippen molar-refractivity contribution >= 4 is 24.0 Å². The molecule has 5 heteroatoms. The molecule has 0 heterocycles. The fraction of sp³-hybridized carbons (Fsp3) is 0.455. The Hall–Kier alpha value is -0.350. The number of nitrogens with two attached hydrogens (primary N) is 1. The van der Waals surface area contributed by atoms with Crippen LogP contribution in [0.15, 0.2) is 18.2 Å². The number of rotatable bonds is 4. The Kier molecular flexibility index (Phi) is 6.91. The van der Waals surface area contributed by atoms with Gasteiger partial charge in [-0.3, -0.25) is 0 Å². The van der Waals surface area contributed by atoms with E-state index in [1.807, 2.05) is 6.92 Å². The third-order valence-electron chi connectivity index (χ3n) is 2.32. The number of halogens is 3. The van der Waals surface area contributed by atoms with Crippen molar-refractivity contribution in [3.05, 3.63) is 34.6 Å². The Morgan fingerprint density at radius 3 is 2.69 bits per heavy atom. The number of aliphatic hydroxyl groups excluding tert-OH is 1. The molecule has 0 saturated carbocycles. The minimum atomic E-state index is -0.733. The quantitative estimate of drug-likeness (QED) is 0.881. The van der Waals surface area contributed by atoms with E-state index in [9.17, 15) is 9.50 Å². The van der Waals surface area contributed by atoms with E-state index >= 15 is 0 Å². The predicted octanol–water partition coefficient (Wildman–Crippen LogP) is 3.06. The molecule has 1 aromatic carbocycles. The third-order valence-corrected chi connectivity index (χ3v) is 2.55. The van der Waals surface area contributed by atoms with Crippen molar-refractivity contribution in [1.29, 1.82) is 0 Å². The van der Waals surface area contributed by atoms with Crippen molar-refractivity contribution in [1.82, 2.24) is 0 Å². The molecule has 0 aliphatic heterocycles. The van der Waals surface area contributed by atoms with Gasteiger partial charge in [0.2, 0.25) is 0 Å². The summed E-state index contributed by atoms with van der Waals surface area (Å²) in [6.45, 7) is 1.93. The van der Waals surface area contributed by atoms with Crippen LogP contribution in [0.1, 0.15) is 31.4 Å². The van der Waals surface area contributed by atoms with Crippen LogP contribution in [-0.4, -0.2) is 11.2 Å². The molecule has 0 spiro atoms. The van der Waals surface area contributed by atoms with Crippen LogP contribution in [0.25, 0.3) is 0 Å². The lowest BCUT2D eigenvalue weighted by molar-refractivity contribution is 0.133. The van der Waals surface area contributed by atoms with Crippen LogP contribution >= 0.6 is 24.0 Å². The highest BCUT2D eigenvalue weighted by atomic mass is 35.5. The number of aliphatic hydroxyl groups is 1. The summed E-state index contributed by atoms with van der Waals surface area (Å²) in [6, 6.07) is 3.46. The van der Waals surface area contributed by atoms with Crippen LogP contribution in [-0.2, 0) is 0 Å². The fourth-order valence-electron chi connectivity index (χ4n) is 1.45. The van der Waals surface area contributed by atoms with Crippen LogP contribution < -0.4 is 5.73 Å². The van der Waals surface area contributed by atoms with Crippen molar-refractivity contribution in [3.63, 3.8) is 0 Å². The molecule has 0 radical (unpaired) electrons. The lowest BCUT2D eigenvalue weighted by Gasteiger charge is -2.19. The fourth-order valence-corrected chi connectivity index (χ4v) is 1.63. The summed E-state index contributed by atoms with van der Waals surface area (Å²) in [5.41, 5.74) is 6.01. The summed E-state index contributed by atoms with van der Waals surface area (Å²) in [5.74, 6) is -0.429. The van der Waals surface area contributed by atoms with E-state index in [4.69, 9.17) is 17.3 Å². The van der Waals surface area contributed by atoms with Gasteiger partial charge in [0.25, 0.3) is 0 Å². The summed E-state index contributed by atoms with van der Waals surface area (Å²) in [7, 11) is 0. The second-order valence-electron chi connectivity index (χ2n) is 3.55. The van der Waals surface area contributed by atoms with Gasteiger partial charge in [0.15, 0.2) is 0 Å². The van der Waals surface area contributed by atoms with Crippen LogP contribution in [0, 0.1) is 5.82 Å². The van der Waals surface area contributed by atoms with Gasteiger partial charge in [-0.15, -0.1) is 12.4 Å². The van der Waals surface area contributed by atoms with Crippen molar-refractivity contribution < 1.29 is 9.50 Å². The average molecular weight is 268 g/mol. The maximum Gasteiger partial charge on any atom is 0.128 e. The Morgan fingerprint density at radius 1 is 1.50 bits per heavy atom. The van der Waals surface area contributed by atoms with Gasteiger partial charge in [0.1, 0.15) is 5.82 Å². The minimum Gasteiger partial charge on any atom is -0.391 e. The second-order valence-corrected chi connectivity index (χ2v) is 3.98. The van der Waals surface area contributed by atoms with Gasteiger partial charge < -0.3 is 10.8 Å². The first-order valence-electron chi connectivity index (χ1n) is 4.94. The number of hydrogen-bond donors (Lipinski definition) is 2. The molecule has 0 aliphatic rings.